The second-order valence-electron chi connectivity index (χ2n) is 5.91. The van der Waals surface area contributed by atoms with E-state index in [0.29, 0.717) is 17.8 Å². The first kappa shape index (κ1) is 14.5. The van der Waals surface area contributed by atoms with E-state index in [1.807, 2.05) is 0 Å². The van der Waals surface area contributed by atoms with Gasteiger partial charge in [-0.3, -0.25) is 4.79 Å². The molecule has 0 aliphatic heterocycles. The third-order valence-electron chi connectivity index (χ3n) is 3.71. The Kier molecular flexibility index (Phi) is 5.44. The first-order valence-electron chi connectivity index (χ1n) is 6.77. The molecule has 3 heteroatoms. The summed E-state index contributed by atoms with van der Waals surface area (Å²) in [6, 6.07) is 0. The van der Waals surface area contributed by atoms with Gasteiger partial charge in [0.2, 0.25) is 0 Å². The summed E-state index contributed by atoms with van der Waals surface area (Å²) in [6.45, 7) is 8.21. The number of carbonyl (C=O) groups excluding carboxylic acids is 1. The molecule has 1 fully saturated rings. The molecule has 0 spiro atoms. The van der Waals surface area contributed by atoms with Crippen LogP contribution in [0.25, 0.3) is 0 Å². The van der Waals surface area contributed by atoms with E-state index in [4.69, 9.17) is 4.74 Å². The molecule has 3 nitrogen and oxygen atoms in total. The molecule has 1 saturated carbocycles. The zero-order chi connectivity index (χ0) is 13.0. The van der Waals surface area contributed by atoms with Crippen LogP contribution in [0.4, 0.5) is 0 Å². The Morgan fingerprint density at radius 3 is 2.53 bits per heavy atom. The lowest BCUT2D eigenvalue weighted by atomic mass is 9.75. The molecule has 0 bridgehead atoms. The summed E-state index contributed by atoms with van der Waals surface area (Å²) in [5, 5.41) is 9.18. The molecule has 0 heterocycles. The van der Waals surface area contributed by atoms with Gasteiger partial charge in [-0.1, -0.05) is 27.2 Å². The third-order valence-corrected chi connectivity index (χ3v) is 3.71. The maximum absolute atomic E-state index is 11.6. The molecule has 1 N–H and O–H groups in total. The Morgan fingerprint density at radius 2 is 2.00 bits per heavy atom. The second-order valence-corrected chi connectivity index (χ2v) is 5.91. The van der Waals surface area contributed by atoms with Gasteiger partial charge in [0.1, 0.15) is 6.10 Å². The quantitative estimate of drug-likeness (QED) is 0.771. The Bertz CT molecular complexity index is 248. The van der Waals surface area contributed by atoms with Crippen molar-refractivity contribution in [3.63, 3.8) is 0 Å². The van der Waals surface area contributed by atoms with Crippen LogP contribution in [0.5, 0.6) is 0 Å². The Hall–Kier alpha value is -0.570. The third kappa shape index (κ3) is 4.66. The van der Waals surface area contributed by atoms with Gasteiger partial charge in [0, 0.05) is 0 Å². The molecule has 4 atom stereocenters. The van der Waals surface area contributed by atoms with Crippen LogP contribution in [-0.4, -0.2) is 23.3 Å². The van der Waals surface area contributed by atoms with E-state index in [1.165, 1.54) is 6.42 Å². The average Bonchev–Trinajstić information content (AvgIpc) is 2.15. The van der Waals surface area contributed by atoms with E-state index in [1.54, 1.807) is 6.92 Å². The van der Waals surface area contributed by atoms with Crippen molar-refractivity contribution < 1.29 is 14.6 Å². The molecular formula is C14H26O3. The molecule has 0 radical (unpaired) electrons. The summed E-state index contributed by atoms with van der Waals surface area (Å²) in [5.41, 5.74) is 0. The average molecular weight is 242 g/mol. The molecule has 0 aromatic carbocycles. The van der Waals surface area contributed by atoms with Gasteiger partial charge in [-0.2, -0.15) is 0 Å². The molecule has 0 aromatic rings. The topological polar surface area (TPSA) is 46.5 Å². The second kappa shape index (κ2) is 6.39. The Balaban J connectivity index is 2.54. The van der Waals surface area contributed by atoms with Gasteiger partial charge in [-0.05, 0) is 37.5 Å². The SMILES string of the molecule is CC1CCC(C(C)C)C(OC(=O)C[C@@H](C)O)C1. The van der Waals surface area contributed by atoms with Crippen LogP contribution in [0.1, 0.15) is 53.4 Å². The summed E-state index contributed by atoms with van der Waals surface area (Å²) < 4.78 is 5.55. The van der Waals surface area contributed by atoms with Crippen LogP contribution in [0.3, 0.4) is 0 Å². The fraction of sp³-hybridized carbons (Fsp3) is 0.929. The molecular weight excluding hydrogens is 216 g/mol. The molecule has 1 aliphatic carbocycles. The summed E-state index contributed by atoms with van der Waals surface area (Å²) in [5.74, 6) is 1.40. The highest BCUT2D eigenvalue weighted by Crippen LogP contribution is 2.35. The van der Waals surface area contributed by atoms with E-state index in [2.05, 4.69) is 20.8 Å². The van der Waals surface area contributed by atoms with Gasteiger partial charge in [-0.15, -0.1) is 0 Å². The maximum Gasteiger partial charge on any atom is 0.308 e. The summed E-state index contributed by atoms with van der Waals surface area (Å²) in [7, 11) is 0. The maximum atomic E-state index is 11.6. The van der Waals surface area contributed by atoms with Crippen molar-refractivity contribution in [2.24, 2.45) is 17.8 Å². The molecule has 1 rings (SSSR count). The zero-order valence-electron chi connectivity index (χ0n) is 11.5. The van der Waals surface area contributed by atoms with Gasteiger partial charge in [0.15, 0.2) is 0 Å². The van der Waals surface area contributed by atoms with Crippen molar-refractivity contribution in [1.82, 2.24) is 0 Å². The Labute approximate surface area is 105 Å². The van der Waals surface area contributed by atoms with Gasteiger partial charge in [0.25, 0.3) is 0 Å². The number of aliphatic hydroxyl groups is 1. The van der Waals surface area contributed by atoms with Crippen LogP contribution in [-0.2, 0) is 9.53 Å². The lowest BCUT2D eigenvalue weighted by Crippen LogP contribution is -2.36. The Morgan fingerprint density at radius 1 is 1.35 bits per heavy atom. The van der Waals surface area contributed by atoms with Gasteiger partial charge in [0.05, 0.1) is 12.5 Å². The fourth-order valence-electron chi connectivity index (χ4n) is 2.71. The van der Waals surface area contributed by atoms with Crippen molar-refractivity contribution in [1.29, 1.82) is 0 Å². The number of aliphatic hydroxyl groups excluding tert-OH is 1. The first-order valence-corrected chi connectivity index (χ1v) is 6.77. The predicted octanol–water partition coefficient (Wildman–Crippen LogP) is 2.76. The zero-order valence-corrected chi connectivity index (χ0v) is 11.5. The highest BCUT2D eigenvalue weighted by Gasteiger charge is 2.33. The van der Waals surface area contributed by atoms with Crippen LogP contribution in [0.2, 0.25) is 0 Å². The standard InChI is InChI=1S/C14H26O3/c1-9(2)12-6-5-10(3)7-13(12)17-14(16)8-11(4)15/h9-13,15H,5-8H2,1-4H3/t10?,11-,12?,13?/m1/s1. The molecule has 0 aromatic heterocycles. The van der Waals surface area contributed by atoms with Crippen molar-refractivity contribution in [2.45, 2.75) is 65.6 Å². The van der Waals surface area contributed by atoms with E-state index in [9.17, 15) is 9.90 Å². The van der Waals surface area contributed by atoms with Crippen LogP contribution in [0.15, 0.2) is 0 Å². The number of esters is 1. The van der Waals surface area contributed by atoms with Crippen molar-refractivity contribution in [2.75, 3.05) is 0 Å². The van der Waals surface area contributed by atoms with E-state index in [0.717, 1.165) is 12.8 Å². The molecule has 1 aliphatic rings. The minimum absolute atomic E-state index is 0.0463. The van der Waals surface area contributed by atoms with Crippen LogP contribution >= 0.6 is 0 Å². The van der Waals surface area contributed by atoms with E-state index >= 15 is 0 Å². The van der Waals surface area contributed by atoms with Crippen molar-refractivity contribution in [3.8, 4) is 0 Å². The summed E-state index contributed by atoms with van der Waals surface area (Å²) in [4.78, 5) is 11.6. The number of rotatable bonds is 4. The molecule has 3 unspecified atom stereocenters. The number of ether oxygens (including phenoxy) is 1. The highest BCUT2D eigenvalue weighted by atomic mass is 16.5. The van der Waals surface area contributed by atoms with Crippen molar-refractivity contribution >= 4 is 5.97 Å². The van der Waals surface area contributed by atoms with Gasteiger partial charge < -0.3 is 9.84 Å². The lowest BCUT2D eigenvalue weighted by molar-refractivity contribution is -0.157. The lowest BCUT2D eigenvalue weighted by Gasteiger charge is -2.36. The molecule has 100 valence electrons. The predicted molar refractivity (Wildman–Crippen MR) is 67.5 cm³/mol. The molecule has 0 amide bonds. The minimum atomic E-state index is -0.610. The summed E-state index contributed by atoms with van der Waals surface area (Å²) in [6.07, 6.45) is 2.88. The fourth-order valence-corrected chi connectivity index (χ4v) is 2.71. The number of carbonyl (C=O) groups is 1. The van der Waals surface area contributed by atoms with E-state index in [-0.39, 0.29) is 18.5 Å². The normalized spacial score (nSPS) is 31.3. The molecule has 17 heavy (non-hydrogen) atoms. The van der Waals surface area contributed by atoms with Crippen LogP contribution in [0, 0.1) is 17.8 Å². The molecule has 0 saturated heterocycles. The highest BCUT2D eigenvalue weighted by molar-refractivity contribution is 5.70. The monoisotopic (exact) mass is 242 g/mol. The smallest absolute Gasteiger partial charge is 0.308 e. The summed E-state index contributed by atoms with van der Waals surface area (Å²) >= 11 is 0. The first-order chi connectivity index (χ1) is 7.90. The van der Waals surface area contributed by atoms with Gasteiger partial charge >= 0.3 is 5.97 Å². The van der Waals surface area contributed by atoms with Crippen molar-refractivity contribution in [3.05, 3.63) is 0 Å². The number of hydrogen-bond acceptors (Lipinski definition) is 3. The minimum Gasteiger partial charge on any atom is -0.462 e. The van der Waals surface area contributed by atoms with E-state index < -0.39 is 6.10 Å². The van der Waals surface area contributed by atoms with Crippen LogP contribution < -0.4 is 0 Å². The number of hydrogen-bond donors (Lipinski definition) is 1. The largest absolute Gasteiger partial charge is 0.462 e. The van der Waals surface area contributed by atoms with Gasteiger partial charge in [-0.25, -0.2) is 0 Å².